The lowest BCUT2D eigenvalue weighted by Gasteiger charge is -2.30. The van der Waals surface area contributed by atoms with Crippen molar-refractivity contribution in [3.63, 3.8) is 0 Å². The van der Waals surface area contributed by atoms with Gasteiger partial charge in [0, 0.05) is 19.6 Å². The number of benzene rings is 2. The fourth-order valence-corrected chi connectivity index (χ4v) is 5.20. The molecule has 0 saturated heterocycles. The largest absolute Gasteiger partial charge is 0.449 e. The molecule has 2 aromatic rings. The maximum atomic E-state index is 12.9. The number of esters is 1. The molecule has 1 aliphatic carbocycles. The third-order valence-electron chi connectivity index (χ3n) is 5.82. The van der Waals surface area contributed by atoms with Crippen molar-refractivity contribution in [3.8, 4) is 0 Å². The van der Waals surface area contributed by atoms with Gasteiger partial charge in [0.25, 0.3) is 5.91 Å². The minimum atomic E-state index is -3.63. The van der Waals surface area contributed by atoms with Crippen LogP contribution in [0.5, 0.6) is 0 Å². The SMILES string of the molecule is CC(OC(=O)c1ccc(S(=O)(=O)N(C)C2CCCCC2)cc1)C(=O)NCc1ccccc1. The number of sulfonamides is 1. The predicted octanol–water partition coefficient (Wildman–Crippen LogP) is 3.50. The smallest absolute Gasteiger partial charge is 0.338 e. The number of nitrogens with one attached hydrogen (secondary N) is 1. The van der Waals surface area contributed by atoms with E-state index in [1.165, 1.54) is 35.5 Å². The van der Waals surface area contributed by atoms with Crippen LogP contribution in [-0.2, 0) is 26.1 Å². The lowest BCUT2D eigenvalue weighted by atomic mass is 9.96. The summed E-state index contributed by atoms with van der Waals surface area (Å²) in [5.74, 6) is -1.09. The molecule has 0 heterocycles. The molecule has 0 bridgehead atoms. The Bertz CT molecular complexity index is 1020. The quantitative estimate of drug-likeness (QED) is 0.611. The highest BCUT2D eigenvalue weighted by molar-refractivity contribution is 7.89. The molecule has 1 fully saturated rings. The molecule has 172 valence electrons. The molecule has 0 aromatic heterocycles. The number of hydrogen-bond donors (Lipinski definition) is 1. The van der Waals surface area contributed by atoms with E-state index in [4.69, 9.17) is 4.74 Å². The normalized spacial score (nSPS) is 15.8. The zero-order chi connectivity index (χ0) is 23.1. The topological polar surface area (TPSA) is 92.8 Å². The Hall–Kier alpha value is -2.71. The zero-order valence-corrected chi connectivity index (χ0v) is 19.3. The highest BCUT2D eigenvalue weighted by atomic mass is 32.2. The molecule has 1 aliphatic rings. The molecule has 1 N–H and O–H groups in total. The summed E-state index contributed by atoms with van der Waals surface area (Å²) >= 11 is 0. The number of ether oxygens (including phenoxy) is 1. The summed E-state index contributed by atoms with van der Waals surface area (Å²) in [6.07, 6.45) is 3.96. The maximum Gasteiger partial charge on any atom is 0.338 e. The fourth-order valence-electron chi connectivity index (χ4n) is 3.78. The van der Waals surface area contributed by atoms with Gasteiger partial charge in [0.05, 0.1) is 10.5 Å². The van der Waals surface area contributed by atoms with E-state index in [0.717, 1.165) is 37.7 Å². The van der Waals surface area contributed by atoms with Gasteiger partial charge in [-0.15, -0.1) is 0 Å². The molecule has 32 heavy (non-hydrogen) atoms. The maximum absolute atomic E-state index is 12.9. The number of rotatable bonds is 8. The van der Waals surface area contributed by atoms with E-state index in [9.17, 15) is 18.0 Å². The van der Waals surface area contributed by atoms with Gasteiger partial charge in [0.2, 0.25) is 10.0 Å². The molecule has 3 rings (SSSR count). The van der Waals surface area contributed by atoms with Gasteiger partial charge >= 0.3 is 5.97 Å². The van der Waals surface area contributed by atoms with Crippen LogP contribution >= 0.6 is 0 Å². The summed E-state index contributed by atoms with van der Waals surface area (Å²) in [6.45, 7) is 1.83. The van der Waals surface area contributed by atoms with Crippen LogP contribution in [0.3, 0.4) is 0 Å². The molecular formula is C24H30N2O5S. The molecule has 1 saturated carbocycles. The lowest BCUT2D eigenvalue weighted by molar-refractivity contribution is -0.129. The third-order valence-corrected chi connectivity index (χ3v) is 7.74. The van der Waals surface area contributed by atoms with Gasteiger partial charge in [-0.2, -0.15) is 4.31 Å². The van der Waals surface area contributed by atoms with Gasteiger partial charge in [-0.25, -0.2) is 13.2 Å². The average Bonchev–Trinajstić information content (AvgIpc) is 2.83. The minimum Gasteiger partial charge on any atom is -0.449 e. The van der Waals surface area contributed by atoms with E-state index in [-0.39, 0.29) is 16.5 Å². The Morgan fingerprint density at radius 2 is 1.66 bits per heavy atom. The standard InChI is InChI=1S/C24H30N2O5S/c1-18(23(27)25-17-19-9-5-3-6-10-19)31-24(28)20-13-15-22(16-14-20)32(29,30)26(2)21-11-7-4-8-12-21/h3,5-6,9-10,13-16,18,21H,4,7-8,11-12,17H2,1-2H3,(H,25,27). The summed E-state index contributed by atoms with van der Waals surface area (Å²) < 4.78 is 32.5. The van der Waals surface area contributed by atoms with Crippen LogP contribution in [0.25, 0.3) is 0 Å². The van der Waals surface area contributed by atoms with Crippen LogP contribution in [0.4, 0.5) is 0 Å². The first-order valence-electron chi connectivity index (χ1n) is 10.9. The predicted molar refractivity (Wildman–Crippen MR) is 121 cm³/mol. The number of carbonyl (C=O) groups is 2. The van der Waals surface area contributed by atoms with E-state index < -0.39 is 28.0 Å². The molecule has 7 nitrogen and oxygen atoms in total. The number of amides is 1. The van der Waals surface area contributed by atoms with Crippen molar-refractivity contribution in [1.82, 2.24) is 9.62 Å². The minimum absolute atomic E-state index is 0.00800. The van der Waals surface area contributed by atoms with Crippen LogP contribution in [0.15, 0.2) is 59.5 Å². The molecule has 0 aliphatic heterocycles. The Balaban J connectivity index is 1.57. The summed E-state index contributed by atoms with van der Waals surface area (Å²) in [4.78, 5) is 24.8. The zero-order valence-electron chi connectivity index (χ0n) is 18.5. The number of carbonyl (C=O) groups excluding carboxylic acids is 2. The van der Waals surface area contributed by atoms with Crippen molar-refractivity contribution >= 4 is 21.9 Å². The van der Waals surface area contributed by atoms with Gasteiger partial charge in [0.1, 0.15) is 0 Å². The lowest BCUT2D eigenvalue weighted by Crippen LogP contribution is -2.38. The fraction of sp³-hybridized carbons (Fsp3) is 0.417. The molecular weight excluding hydrogens is 428 g/mol. The Labute approximate surface area is 189 Å². The second-order valence-corrected chi connectivity index (χ2v) is 10.1. The van der Waals surface area contributed by atoms with Crippen LogP contribution in [0, 0.1) is 0 Å². The van der Waals surface area contributed by atoms with E-state index >= 15 is 0 Å². The van der Waals surface area contributed by atoms with Gasteiger partial charge in [-0.05, 0) is 49.6 Å². The molecule has 2 aromatic carbocycles. The summed E-state index contributed by atoms with van der Waals surface area (Å²) in [7, 11) is -2.02. The van der Waals surface area contributed by atoms with Gasteiger partial charge < -0.3 is 10.1 Å². The molecule has 8 heteroatoms. The third kappa shape index (κ3) is 5.95. The number of hydrogen-bond acceptors (Lipinski definition) is 5. The highest BCUT2D eigenvalue weighted by Crippen LogP contribution is 2.26. The molecule has 0 spiro atoms. The first kappa shape index (κ1) is 23.9. The molecule has 1 unspecified atom stereocenters. The van der Waals surface area contributed by atoms with Crippen molar-refractivity contribution in [2.75, 3.05) is 7.05 Å². The van der Waals surface area contributed by atoms with Crippen molar-refractivity contribution in [2.45, 2.75) is 62.6 Å². The van der Waals surface area contributed by atoms with Crippen LogP contribution in [0.1, 0.15) is 54.9 Å². The summed E-state index contributed by atoms with van der Waals surface area (Å²) in [5.41, 5.74) is 1.13. The highest BCUT2D eigenvalue weighted by Gasteiger charge is 2.29. The second-order valence-electron chi connectivity index (χ2n) is 8.09. The van der Waals surface area contributed by atoms with E-state index in [1.807, 2.05) is 30.3 Å². The Morgan fingerprint density at radius 1 is 1.03 bits per heavy atom. The average molecular weight is 459 g/mol. The Kier molecular flexibility index (Phi) is 8.04. The van der Waals surface area contributed by atoms with E-state index in [2.05, 4.69) is 5.32 Å². The first-order chi connectivity index (χ1) is 15.3. The van der Waals surface area contributed by atoms with Crippen molar-refractivity contribution < 1.29 is 22.7 Å². The van der Waals surface area contributed by atoms with Gasteiger partial charge in [-0.1, -0.05) is 49.6 Å². The van der Waals surface area contributed by atoms with Crippen molar-refractivity contribution in [1.29, 1.82) is 0 Å². The second kappa shape index (κ2) is 10.7. The van der Waals surface area contributed by atoms with Crippen LogP contribution in [0.2, 0.25) is 0 Å². The Morgan fingerprint density at radius 3 is 2.28 bits per heavy atom. The molecule has 1 atom stereocenters. The van der Waals surface area contributed by atoms with Crippen LogP contribution < -0.4 is 5.32 Å². The molecule has 0 radical (unpaired) electrons. The van der Waals surface area contributed by atoms with Gasteiger partial charge in [-0.3, -0.25) is 4.79 Å². The van der Waals surface area contributed by atoms with Gasteiger partial charge in [0.15, 0.2) is 6.10 Å². The van der Waals surface area contributed by atoms with E-state index in [1.54, 1.807) is 7.05 Å². The summed E-state index contributed by atoms with van der Waals surface area (Å²) in [5, 5.41) is 2.73. The monoisotopic (exact) mass is 458 g/mol. The van der Waals surface area contributed by atoms with Crippen molar-refractivity contribution in [3.05, 3.63) is 65.7 Å². The number of nitrogens with zero attached hydrogens (tertiary/aromatic N) is 1. The molecule has 1 amide bonds. The first-order valence-corrected chi connectivity index (χ1v) is 12.3. The summed E-state index contributed by atoms with van der Waals surface area (Å²) in [6, 6.07) is 15.1. The van der Waals surface area contributed by atoms with E-state index in [0.29, 0.717) is 6.54 Å². The van der Waals surface area contributed by atoms with Crippen molar-refractivity contribution in [2.24, 2.45) is 0 Å². The van der Waals surface area contributed by atoms with Crippen LogP contribution in [-0.4, -0.2) is 43.8 Å².